The van der Waals surface area contributed by atoms with Gasteiger partial charge < -0.3 is 15.5 Å². The van der Waals surface area contributed by atoms with Crippen LogP contribution in [0.5, 0.6) is 0 Å². The number of anilines is 1. The Hall–Kier alpha value is -1.71. The van der Waals surface area contributed by atoms with Gasteiger partial charge >= 0.3 is 6.18 Å². The minimum Gasteiger partial charge on any atom is -0.357 e. The van der Waals surface area contributed by atoms with Crippen LogP contribution >= 0.6 is 11.8 Å². The van der Waals surface area contributed by atoms with Gasteiger partial charge in [-0.2, -0.15) is 24.9 Å². The van der Waals surface area contributed by atoms with Crippen LogP contribution in [0, 0.1) is 0 Å². The molecule has 2 rings (SSSR count). The van der Waals surface area contributed by atoms with E-state index in [-0.39, 0.29) is 5.95 Å². The maximum atomic E-state index is 12.7. The van der Waals surface area contributed by atoms with Gasteiger partial charge in [0.2, 0.25) is 5.95 Å². The van der Waals surface area contributed by atoms with Crippen LogP contribution in [0.4, 0.5) is 19.1 Å². The third-order valence-corrected chi connectivity index (χ3v) is 5.20. The Kier molecular flexibility index (Phi) is 7.80. The summed E-state index contributed by atoms with van der Waals surface area (Å²) in [6, 6.07) is 0.852. The van der Waals surface area contributed by atoms with Gasteiger partial charge in [0.25, 0.3) is 0 Å². The summed E-state index contributed by atoms with van der Waals surface area (Å²) >= 11 is 1.99. The molecule has 2 heterocycles. The molecule has 0 bridgehead atoms. The fourth-order valence-corrected chi connectivity index (χ4v) is 3.70. The van der Waals surface area contributed by atoms with Crippen molar-refractivity contribution in [1.29, 1.82) is 0 Å². The Labute approximate surface area is 156 Å². The van der Waals surface area contributed by atoms with Crippen molar-refractivity contribution >= 4 is 23.7 Å². The van der Waals surface area contributed by atoms with Crippen molar-refractivity contribution < 1.29 is 13.2 Å². The third kappa shape index (κ3) is 6.22. The number of hydrogen-bond donors (Lipinski definition) is 2. The first-order valence-corrected chi connectivity index (χ1v) is 9.77. The van der Waals surface area contributed by atoms with E-state index < -0.39 is 11.9 Å². The zero-order valence-electron chi connectivity index (χ0n) is 15.0. The SMILES string of the molecule is CCNC(=NCCNc1nccc(C(F)(F)F)n1)N1CCSC(CC)C1. The molecule has 0 aromatic carbocycles. The quantitative estimate of drug-likeness (QED) is 0.442. The molecule has 6 nitrogen and oxygen atoms in total. The van der Waals surface area contributed by atoms with E-state index in [0.29, 0.717) is 18.3 Å². The summed E-state index contributed by atoms with van der Waals surface area (Å²) in [5, 5.41) is 6.68. The van der Waals surface area contributed by atoms with Gasteiger partial charge in [-0.05, 0) is 19.4 Å². The largest absolute Gasteiger partial charge is 0.433 e. The Bertz CT molecular complexity index is 596. The Morgan fingerprint density at radius 2 is 2.23 bits per heavy atom. The average Bonchev–Trinajstić information content (AvgIpc) is 2.64. The standard InChI is InChI=1S/C16H25F3N6S/c1-3-12-11-25(9-10-26-12)15(20-4-2)23-8-7-22-14-21-6-5-13(24-14)16(17,18)19/h5-6,12H,3-4,7-11H2,1-2H3,(H,20,23)(H,21,22,24). The molecular formula is C16H25F3N6S. The van der Waals surface area contributed by atoms with Crippen LogP contribution in [-0.4, -0.2) is 64.6 Å². The number of aromatic nitrogens is 2. The molecule has 1 unspecified atom stereocenters. The molecule has 0 amide bonds. The van der Waals surface area contributed by atoms with E-state index >= 15 is 0 Å². The van der Waals surface area contributed by atoms with Crippen molar-refractivity contribution in [2.24, 2.45) is 4.99 Å². The van der Waals surface area contributed by atoms with E-state index in [2.05, 4.69) is 37.4 Å². The molecule has 0 saturated carbocycles. The molecule has 10 heteroatoms. The van der Waals surface area contributed by atoms with E-state index in [1.807, 2.05) is 18.7 Å². The molecule has 0 aliphatic carbocycles. The third-order valence-electron chi connectivity index (χ3n) is 3.83. The van der Waals surface area contributed by atoms with Gasteiger partial charge in [0, 0.05) is 43.4 Å². The van der Waals surface area contributed by atoms with Crippen LogP contribution in [-0.2, 0) is 6.18 Å². The van der Waals surface area contributed by atoms with E-state index in [1.165, 1.54) is 0 Å². The number of nitrogens with one attached hydrogen (secondary N) is 2. The lowest BCUT2D eigenvalue weighted by Gasteiger charge is -2.34. The van der Waals surface area contributed by atoms with Crippen LogP contribution in [0.1, 0.15) is 26.0 Å². The number of thioether (sulfide) groups is 1. The minimum absolute atomic E-state index is 0.0413. The fraction of sp³-hybridized carbons (Fsp3) is 0.688. The highest BCUT2D eigenvalue weighted by Gasteiger charge is 2.32. The van der Waals surface area contributed by atoms with Gasteiger partial charge in [0.15, 0.2) is 5.96 Å². The highest BCUT2D eigenvalue weighted by Crippen LogP contribution is 2.27. The van der Waals surface area contributed by atoms with Crippen LogP contribution in [0.2, 0.25) is 0 Å². The van der Waals surface area contributed by atoms with Gasteiger partial charge in [-0.25, -0.2) is 9.97 Å². The number of hydrogen-bond acceptors (Lipinski definition) is 5. The van der Waals surface area contributed by atoms with Crippen molar-refractivity contribution in [1.82, 2.24) is 20.2 Å². The summed E-state index contributed by atoms with van der Waals surface area (Å²) in [4.78, 5) is 14.1. The Morgan fingerprint density at radius 3 is 2.92 bits per heavy atom. The topological polar surface area (TPSA) is 65.4 Å². The van der Waals surface area contributed by atoms with Crippen LogP contribution in [0.3, 0.4) is 0 Å². The summed E-state index contributed by atoms with van der Waals surface area (Å²) < 4.78 is 38.0. The first kappa shape index (κ1) is 20.6. The zero-order chi connectivity index (χ0) is 19.0. The van der Waals surface area contributed by atoms with Gasteiger partial charge in [0.05, 0.1) is 6.54 Å². The molecule has 26 heavy (non-hydrogen) atoms. The number of aliphatic imine (C=N–C) groups is 1. The second kappa shape index (κ2) is 9.84. The maximum Gasteiger partial charge on any atom is 0.433 e. The molecule has 1 aromatic heterocycles. The number of halogens is 3. The van der Waals surface area contributed by atoms with Gasteiger partial charge in [0.1, 0.15) is 5.69 Å². The zero-order valence-corrected chi connectivity index (χ0v) is 15.8. The lowest BCUT2D eigenvalue weighted by molar-refractivity contribution is -0.141. The summed E-state index contributed by atoms with van der Waals surface area (Å²) in [5.74, 6) is 1.87. The van der Waals surface area contributed by atoms with Crippen molar-refractivity contribution in [2.45, 2.75) is 31.7 Å². The van der Waals surface area contributed by atoms with Crippen LogP contribution in [0.15, 0.2) is 17.3 Å². The number of nitrogens with zero attached hydrogens (tertiary/aromatic N) is 4. The molecule has 146 valence electrons. The minimum atomic E-state index is -4.47. The number of rotatable bonds is 6. The highest BCUT2D eigenvalue weighted by atomic mass is 32.2. The van der Waals surface area contributed by atoms with Gasteiger partial charge in [-0.3, -0.25) is 4.99 Å². The van der Waals surface area contributed by atoms with Crippen molar-refractivity contribution in [2.75, 3.05) is 43.8 Å². The first-order chi connectivity index (χ1) is 12.4. The van der Waals surface area contributed by atoms with E-state index in [1.54, 1.807) is 0 Å². The molecule has 1 saturated heterocycles. The maximum absolute atomic E-state index is 12.7. The molecule has 0 radical (unpaired) electrons. The van der Waals surface area contributed by atoms with Gasteiger partial charge in [-0.15, -0.1) is 0 Å². The lowest BCUT2D eigenvalue weighted by Crippen LogP contribution is -2.48. The second-order valence-electron chi connectivity index (χ2n) is 5.77. The smallest absolute Gasteiger partial charge is 0.357 e. The van der Waals surface area contributed by atoms with E-state index in [0.717, 1.165) is 50.0 Å². The predicted octanol–water partition coefficient (Wildman–Crippen LogP) is 2.70. The highest BCUT2D eigenvalue weighted by molar-refractivity contribution is 8.00. The molecular weight excluding hydrogens is 365 g/mol. The van der Waals surface area contributed by atoms with Crippen molar-refractivity contribution in [3.8, 4) is 0 Å². The number of alkyl halides is 3. The van der Waals surface area contributed by atoms with Crippen LogP contribution in [0.25, 0.3) is 0 Å². The molecule has 1 atom stereocenters. The molecule has 1 aliphatic heterocycles. The van der Waals surface area contributed by atoms with Gasteiger partial charge in [-0.1, -0.05) is 6.92 Å². The van der Waals surface area contributed by atoms with E-state index in [9.17, 15) is 13.2 Å². The molecule has 0 spiro atoms. The molecule has 2 N–H and O–H groups in total. The summed E-state index contributed by atoms with van der Waals surface area (Å²) in [6.45, 7) is 7.64. The van der Waals surface area contributed by atoms with Crippen molar-refractivity contribution in [3.63, 3.8) is 0 Å². The number of guanidine groups is 1. The predicted molar refractivity (Wildman–Crippen MR) is 99.6 cm³/mol. The monoisotopic (exact) mass is 390 g/mol. The Balaban J connectivity index is 1.90. The summed E-state index contributed by atoms with van der Waals surface area (Å²) in [6.07, 6.45) is -2.26. The lowest BCUT2D eigenvalue weighted by atomic mass is 10.3. The second-order valence-corrected chi connectivity index (χ2v) is 7.18. The summed E-state index contributed by atoms with van der Waals surface area (Å²) in [5.41, 5.74) is -0.955. The average molecular weight is 390 g/mol. The Morgan fingerprint density at radius 1 is 1.42 bits per heavy atom. The van der Waals surface area contributed by atoms with E-state index in [4.69, 9.17) is 0 Å². The summed E-state index contributed by atoms with van der Waals surface area (Å²) in [7, 11) is 0. The van der Waals surface area contributed by atoms with Crippen LogP contribution < -0.4 is 10.6 Å². The normalized spacial score (nSPS) is 18.7. The molecule has 1 aromatic rings. The first-order valence-electron chi connectivity index (χ1n) is 8.73. The molecule has 1 fully saturated rings. The molecule has 1 aliphatic rings. The fourth-order valence-electron chi connectivity index (χ4n) is 2.52. The van der Waals surface area contributed by atoms with Crippen molar-refractivity contribution in [3.05, 3.63) is 18.0 Å².